The summed E-state index contributed by atoms with van der Waals surface area (Å²) in [6.07, 6.45) is 5.24. The number of hydrogen-bond acceptors (Lipinski definition) is 2. The summed E-state index contributed by atoms with van der Waals surface area (Å²) in [5.41, 5.74) is -0.441. The number of aliphatic hydroxyl groups is 1. The highest BCUT2D eigenvalue weighted by Crippen LogP contribution is 2.41. The Balaban J connectivity index is 2.00. The molecule has 1 saturated carbocycles. The molecule has 2 fully saturated rings. The van der Waals surface area contributed by atoms with Crippen LogP contribution in [-0.4, -0.2) is 23.8 Å². The van der Waals surface area contributed by atoms with Crippen molar-refractivity contribution in [3.05, 3.63) is 0 Å². The molecule has 1 saturated heterocycles. The first-order valence-corrected chi connectivity index (χ1v) is 5.13. The third-order valence-electron chi connectivity index (χ3n) is 3.63. The van der Waals surface area contributed by atoms with E-state index in [0.29, 0.717) is 5.92 Å². The summed E-state index contributed by atoms with van der Waals surface area (Å²) in [7, 11) is 0. The van der Waals surface area contributed by atoms with Crippen molar-refractivity contribution < 1.29 is 5.11 Å². The van der Waals surface area contributed by atoms with Gasteiger partial charge in [-0.05, 0) is 31.7 Å². The van der Waals surface area contributed by atoms with E-state index in [0.717, 1.165) is 25.4 Å². The van der Waals surface area contributed by atoms with Crippen molar-refractivity contribution in [1.29, 1.82) is 0 Å². The molecule has 2 unspecified atom stereocenters. The monoisotopic (exact) mass is 169 g/mol. The van der Waals surface area contributed by atoms with E-state index in [1.807, 2.05) is 6.92 Å². The van der Waals surface area contributed by atoms with Gasteiger partial charge in [0.05, 0.1) is 5.60 Å². The highest BCUT2D eigenvalue weighted by molar-refractivity contribution is 4.94. The van der Waals surface area contributed by atoms with Crippen LogP contribution in [0.25, 0.3) is 0 Å². The van der Waals surface area contributed by atoms with Gasteiger partial charge in [0.15, 0.2) is 0 Å². The van der Waals surface area contributed by atoms with Gasteiger partial charge in [0.2, 0.25) is 0 Å². The number of hydrogen-bond donors (Lipinski definition) is 2. The summed E-state index contributed by atoms with van der Waals surface area (Å²) < 4.78 is 0. The minimum absolute atomic E-state index is 0.441. The minimum Gasteiger partial charge on any atom is -0.389 e. The minimum atomic E-state index is -0.441. The van der Waals surface area contributed by atoms with Crippen molar-refractivity contribution in [3.63, 3.8) is 0 Å². The van der Waals surface area contributed by atoms with Gasteiger partial charge in [-0.3, -0.25) is 0 Å². The molecule has 0 aromatic carbocycles. The van der Waals surface area contributed by atoms with Crippen LogP contribution in [0.3, 0.4) is 0 Å². The van der Waals surface area contributed by atoms with Crippen LogP contribution in [0.5, 0.6) is 0 Å². The average molecular weight is 169 g/mol. The van der Waals surface area contributed by atoms with Gasteiger partial charge in [-0.1, -0.05) is 19.3 Å². The number of nitrogens with one attached hydrogen (secondary N) is 1. The van der Waals surface area contributed by atoms with Gasteiger partial charge in [0.25, 0.3) is 0 Å². The maximum atomic E-state index is 10.1. The van der Waals surface area contributed by atoms with E-state index >= 15 is 0 Å². The molecule has 2 N–H and O–H groups in total. The predicted octanol–water partition coefficient (Wildman–Crippen LogP) is 1.15. The number of piperidine rings is 1. The van der Waals surface area contributed by atoms with Gasteiger partial charge >= 0.3 is 0 Å². The second-order valence-corrected chi connectivity index (χ2v) is 4.62. The maximum Gasteiger partial charge on any atom is 0.0774 e. The lowest BCUT2D eigenvalue weighted by molar-refractivity contribution is -0.0603. The lowest BCUT2D eigenvalue weighted by Gasteiger charge is -2.45. The van der Waals surface area contributed by atoms with E-state index in [1.165, 1.54) is 19.3 Å². The Bertz CT molecular complexity index is 163. The fourth-order valence-electron chi connectivity index (χ4n) is 2.63. The van der Waals surface area contributed by atoms with Gasteiger partial charge in [-0.25, -0.2) is 0 Å². The molecule has 0 radical (unpaired) electrons. The first-order chi connectivity index (χ1) is 5.70. The maximum absolute atomic E-state index is 10.1. The summed E-state index contributed by atoms with van der Waals surface area (Å²) in [6.45, 7) is 3.87. The topological polar surface area (TPSA) is 32.3 Å². The van der Waals surface area contributed by atoms with E-state index in [2.05, 4.69) is 5.32 Å². The Labute approximate surface area is 74.4 Å². The molecular weight excluding hydrogens is 150 g/mol. The highest BCUT2D eigenvalue weighted by atomic mass is 16.3. The average Bonchev–Trinajstić information content (AvgIpc) is 1.89. The zero-order valence-electron chi connectivity index (χ0n) is 7.84. The SMILES string of the molecule is CC1(O)CNCCC1C1CCC1. The van der Waals surface area contributed by atoms with Crippen molar-refractivity contribution in [1.82, 2.24) is 5.32 Å². The molecule has 2 heteroatoms. The molecule has 0 aromatic heterocycles. The lowest BCUT2D eigenvalue weighted by atomic mass is 9.66. The van der Waals surface area contributed by atoms with Crippen LogP contribution in [0.2, 0.25) is 0 Å². The van der Waals surface area contributed by atoms with Crippen LogP contribution in [0.4, 0.5) is 0 Å². The van der Waals surface area contributed by atoms with Gasteiger partial charge in [-0.15, -0.1) is 0 Å². The fourth-order valence-corrected chi connectivity index (χ4v) is 2.63. The molecular formula is C10H19NO. The molecule has 0 spiro atoms. The van der Waals surface area contributed by atoms with Crippen LogP contribution in [0.15, 0.2) is 0 Å². The van der Waals surface area contributed by atoms with Gasteiger partial charge in [-0.2, -0.15) is 0 Å². The molecule has 12 heavy (non-hydrogen) atoms. The van der Waals surface area contributed by atoms with Crippen LogP contribution in [0.1, 0.15) is 32.6 Å². The zero-order chi connectivity index (χ0) is 8.60. The fraction of sp³-hybridized carbons (Fsp3) is 1.00. The van der Waals surface area contributed by atoms with Crippen molar-refractivity contribution in [2.24, 2.45) is 11.8 Å². The molecule has 0 aromatic rings. The third kappa shape index (κ3) is 1.38. The first kappa shape index (κ1) is 8.52. The Kier molecular flexibility index (Phi) is 2.13. The molecule has 70 valence electrons. The van der Waals surface area contributed by atoms with E-state index in [1.54, 1.807) is 0 Å². The number of rotatable bonds is 1. The Morgan fingerprint density at radius 1 is 1.33 bits per heavy atom. The third-order valence-corrected chi connectivity index (χ3v) is 3.63. The van der Waals surface area contributed by atoms with Crippen LogP contribution in [-0.2, 0) is 0 Å². The van der Waals surface area contributed by atoms with E-state index < -0.39 is 5.60 Å². The van der Waals surface area contributed by atoms with E-state index in [-0.39, 0.29) is 0 Å². The molecule has 2 nitrogen and oxygen atoms in total. The summed E-state index contributed by atoms with van der Waals surface area (Å²) >= 11 is 0. The molecule has 0 amide bonds. The molecule has 2 atom stereocenters. The van der Waals surface area contributed by atoms with Crippen molar-refractivity contribution in [3.8, 4) is 0 Å². The second-order valence-electron chi connectivity index (χ2n) is 4.62. The predicted molar refractivity (Wildman–Crippen MR) is 48.9 cm³/mol. The van der Waals surface area contributed by atoms with Gasteiger partial charge in [0.1, 0.15) is 0 Å². The Morgan fingerprint density at radius 3 is 2.58 bits per heavy atom. The lowest BCUT2D eigenvalue weighted by Crippen LogP contribution is -2.53. The summed E-state index contributed by atoms with van der Waals surface area (Å²) in [4.78, 5) is 0. The molecule has 1 aliphatic carbocycles. The quantitative estimate of drug-likeness (QED) is 0.617. The Hall–Kier alpha value is -0.0800. The molecule has 1 heterocycles. The van der Waals surface area contributed by atoms with Crippen molar-refractivity contribution in [2.45, 2.75) is 38.2 Å². The Morgan fingerprint density at radius 2 is 2.08 bits per heavy atom. The van der Waals surface area contributed by atoms with E-state index in [4.69, 9.17) is 0 Å². The van der Waals surface area contributed by atoms with Crippen molar-refractivity contribution >= 4 is 0 Å². The van der Waals surface area contributed by atoms with E-state index in [9.17, 15) is 5.11 Å². The van der Waals surface area contributed by atoms with Gasteiger partial charge < -0.3 is 10.4 Å². The molecule has 2 rings (SSSR count). The summed E-state index contributed by atoms with van der Waals surface area (Å²) in [5, 5.41) is 13.4. The van der Waals surface area contributed by atoms with Gasteiger partial charge in [0, 0.05) is 6.54 Å². The normalized spacial score (nSPS) is 44.0. The van der Waals surface area contributed by atoms with Crippen molar-refractivity contribution in [2.75, 3.05) is 13.1 Å². The number of β-amino-alcohol motifs (C(OH)–C–C–N with tert-alkyl or cyclic N) is 1. The second kappa shape index (κ2) is 3.00. The smallest absolute Gasteiger partial charge is 0.0774 e. The highest BCUT2D eigenvalue weighted by Gasteiger charge is 2.41. The zero-order valence-corrected chi connectivity index (χ0v) is 7.84. The largest absolute Gasteiger partial charge is 0.389 e. The summed E-state index contributed by atoms with van der Waals surface area (Å²) in [6, 6.07) is 0. The summed E-state index contributed by atoms with van der Waals surface area (Å²) in [5.74, 6) is 1.38. The standard InChI is InChI=1S/C10H19NO/c1-10(12)7-11-6-5-9(10)8-3-2-4-8/h8-9,11-12H,2-7H2,1H3. The first-order valence-electron chi connectivity index (χ1n) is 5.13. The van der Waals surface area contributed by atoms with Crippen LogP contribution >= 0.6 is 0 Å². The van der Waals surface area contributed by atoms with Crippen LogP contribution in [0, 0.1) is 11.8 Å². The molecule has 2 aliphatic rings. The molecule has 0 bridgehead atoms. The van der Waals surface area contributed by atoms with Crippen LogP contribution < -0.4 is 5.32 Å². The molecule has 1 aliphatic heterocycles.